The lowest BCUT2D eigenvalue weighted by molar-refractivity contribution is 0.198. The highest BCUT2D eigenvalue weighted by atomic mass is 15.2. The van der Waals surface area contributed by atoms with Gasteiger partial charge in [-0.05, 0) is 32.4 Å². The molecule has 0 atom stereocenters. The minimum atomic E-state index is 0.824. The molecular weight excluding hydrogens is 148 g/mol. The van der Waals surface area contributed by atoms with Crippen molar-refractivity contribution in [2.45, 2.75) is 39.2 Å². The maximum absolute atomic E-state index is 3.44. The maximum atomic E-state index is 3.44. The van der Waals surface area contributed by atoms with E-state index in [1.54, 1.807) is 0 Å². The zero-order chi connectivity index (χ0) is 8.81. The van der Waals surface area contributed by atoms with Gasteiger partial charge >= 0.3 is 0 Å². The van der Waals surface area contributed by atoms with Crippen molar-refractivity contribution in [3.63, 3.8) is 0 Å². The van der Waals surface area contributed by atoms with Crippen LogP contribution >= 0.6 is 0 Å². The van der Waals surface area contributed by atoms with Crippen molar-refractivity contribution in [2.75, 3.05) is 26.2 Å². The fourth-order valence-corrected chi connectivity index (χ4v) is 2.04. The Balaban J connectivity index is 2.35. The molecule has 0 aromatic rings. The van der Waals surface area contributed by atoms with Crippen LogP contribution in [0.15, 0.2) is 0 Å². The summed E-state index contributed by atoms with van der Waals surface area (Å²) in [7, 11) is 0. The molecule has 0 spiro atoms. The highest BCUT2D eigenvalue weighted by Crippen LogP contribution is 2.09. The van der Waals surface area contributed by atoms with Gasteiger partial charge in [-0.15, -0.1) is 0 Å². The predicted molar refractivity (Wildman–Crippen MR) is 53.4 cm³/mol. The average molecular weight is 170 g/mol. The van der Waals surface area contributed by atoms with Crippen LogP contribution in [0.5, 0.6) is 0 Å². The third kappa shape index (κ3) is 2.76. The summed E-state index contributed by atoms with van der Waals surface area (Å²) in [6.45, 7) is 9.51. The van der Waals surface area contributed by atoms with E-state index in [0.29, 0.717) is 0 Å². The van der Waals surface area contributed by atoms with Crippen molar-refractivity contribution in [1.82, 2.24) is 10.2 Å². The van der Waals surface area contributed by atoms with E-state index in [1.807, 2.05) is 0 Å². The number of hydrogen-bond acceptors (Lipinski definition) is 2. The average Bonchev–Trinajstić information content (AvgIpc) is 2.35. The standard InChI is InChI=1S/C10H22N2/c1-3-10(4-2)12-8-5-6-11-7-9-12/h10-11H,3-9H2,1-2H3. The third-order valence-electron chi connectivity index (χ3n) is 2.83. The lowest BCUT2D eigenvalue weighted by Crippen LogP contribution is -2.37. The zero-order valence-corrected chi connectivity index (χ0v) is 8.47. The van der Waals surface area contributed by atoms with Gasteiger partial charge in [-0.3, -0.25) is 4.90 Å². The number of rotatable bonds is 3. The Kier molecular flexibility index (Phi) is 4.62. The van der Waals surface area contributed by atoms with E-state index in [0.717, 1.165) is 6.04 Å². The smallest absolute Gasteiger partial charge is 0.0110 e. The SMILES string of the molecule is CCC(CC)N1CCCNCC1. The van der Waals surface area contributed by atoms with Gasteiger partial charge in [0.2, 0.25) is 0 Å². The molecule has 2 nitrogen and oxygen atoms in total. The number of nitrogens with zero attached hydrogens (tertiary/aromatic N) is 1. The first-order chi connectivity index (χ1) is 5.88. The molecule has 0 aliphatic carbocycles. The van der Waals surface area contributed by atoms with Gasteiger partial charge in [0.25, 0.3) is 0 Å². The number of hydrogen-bond donors (Lipinski definition) is 1. The summed E-state index contributed by atoms with van der Waals surface area (Å²) in [6, 6.07) is 0.824. The lowest BCUT2D eigenvalue weighted by atomic mass is 10.1. The summed E-state index contributed by atoms with van der Waals surface area (Å²) in [4.78, 5) is 2.64. The van der Waals surface area contributed by atoms with Crippen LogP contribution in [0.2, 0.25) is 0 Å². The van der Waals surface area contributed by atoms with Gasteiger partial charge in [0, 0.05) is 19.1 Å². The molecule has 0 unspecified atom stereocenters. The number of nitrogens with one attached hydrogen (secondary N) is 1. The van der Waals surface area contributed by atoms with E-state index in [9.17, 15) is 0 Å². The van der Waals surface area contributed by atoms with Crippen molar-refractivity contribution in [2.24, 2.45) is 0 Å². The fourth-order valence-electron chi connectivity index (χ4n) is 2.04. The second-order valence-electron chi connectivity index (χ2n) is 3.61. The molecule has 0 amide bonds. The highest BCUT2D eigenvalue weighted by Gasteiger charge is 2.15. The Bertz CT molecular complexity index is 102. The summed E-state index contributed by atoms with van der Waals surface area (Å²) in [5.41, 5.74) is 0. The molecule has 0 bridgehead atoms. The first-order valence-corrected chi connectivity index (χ1v) is 5.33. The Morgan fingerprint density at radius 3 is 2.58 bits per heavy atom. The summed E-state index contributed by atoms with van der Waals surface area (Å²) in [5.74, 6) is 0. The molecule has 12 heavy (non-hydrogen) atoms. The van der Waals surface area contributed by atoms with Crippen LogP contribution in [0, 0.1) is 0 Å². The van der Waals surface area contributed by atoms with Crippen LogP contribution in [0.3, 0.4) is 0 Å². The summed E-state index contributed by atoms with van der Waals surface area (Å²) < 4.78 is 0. The maximum Gasteiger partial charge on any atom is 0.0110 e. The highest BCUT2D eigenvalue weighted by molar-refractivity contribution is 4.72. The Hall–Kier alpha value is -0.0800. The quantitative estimate of drug-likeness (QED) is 0.690. The molecule has 1 aliphatic rings. The molecule has 1 saturated heterocycles. The Morgan fingerprint density at radius 2 is 1.92 bits per heavy atom. The van der Waals surface area contributed by atoms with Crippen molar-refractivity contribution < 1.29 is 0 Å². The van der Waals surface area contributed by atoms with Crippen molar-refractivity contribution in [3.05, 3.63) is 0 Å². The molecule has 1 rings (SSSR count). The van der Waals surface area contributed by atoms with E-state index < -0.39 is 0 Å². The predicted octanol–water partition coefficient (Wildman–Crippen LogP) is 1.47. The van der Waals surface area contributed by atoms with Gasteiger partial charge in [0.15, 0.2) is 0 Å². The van der Waals surface area contributed by atoms with Crippen molar-refractivity contribution in [3.8, 4) is 0 Å². The summed E-state index contributed by atoms with van der Waals surface area (Å²) in [6.07, 6.45) is 3.92. The van der Waals surface area contributed by atoms with Gasteiger partial charge in [0.05, 0.1) is 0 Å². The minimum absolute atomic E-state index is 0.824. The van der Waals surface area contributed by atoms with E-state index in [4.69, 9.17) is 0 Å². The van der Waals surface area contributed by atoms with Crippen LogP contribution in [0.1, 0.15) is 33.1 Å². The largest absolute Gasteiger partial charge is 0.315 e. The van der Waals surface area contributed by atoms with Gasteiger partial charge in [0.1, 0.15) is 0 Å². The first-order valence-electron chi connectivity index (χ1n) is 5.33. The van der Waals surface area contributed by atoms with E-state index in [-0.39, 0.29) is 0 Å². The Labute approximate surface area is 76.3 Å². The summed E-state index contributed by atoms with van der Waals surface area (Å²) in [5, 5.41) is 3.44. The third-order valence-corrected chi connectivity index (χ3v) is 2.83. The van der Waals surface area contributed by atoms with Crippen molar-refractivity contribution in [1.29, 1.82) is 0 Å². The molecule has 2 heteroatoms. The van der Waals surface area contributed by atoms with Crippen LogP contribution < -0.4 is 5.32 Å². The molecule has 72 valence electrons. The van der Waals surface area contributed by atoms with Gasteiger partial charge in [-0.25, -0.2) is 0 Å². The molecule has 0 radical (unpaired) electrons. The Morgan fingerprint density at radius 1 is 1.17 bits per heavy atom. The molecule has 1 N–H and O–H groups in total. The molecule has 1 fully saturated rings. The monoisotopic (exact) mass is 170 g/mol. The normalized spacial score (nSPS) is 21.2. The zero-order valence-electron chi connectivity index (χ0n) is 8.47. The lowest BCUT2D eigenvalue weighted by Gasteiger charge is -2.28. The molecule has 0 aromatic carbocycles. The van der Waals surface area contributed by atoms with Crippen LogP contribution in [0.25, 0.3) is 0 Å². The van der Waals surface area contributed by atoms with Gasteiger partial charge < -0.3 is 5.32 Å². The second-order valence-corrected chi connectivity index (χ2v) is 3.61. The first kappa shape index (κ1) is 10.0. The molecular formula is C10H22N2. The van der Waals surface area contributed by atoms with Crippen molar-refractivity contribution >= 4 is 0 Å². The molecule has 1 aliphatic heterocycles. The van der Waals surface area contributed by atoms with Gasteiger partial charge in [-0.2, -0.15) is 0 Å². The van der Waals surface area contributed by atoms with Crippen LogP contribution in [-0.4, -0.2) is 37.1 Å². The van der Waals surface area contributed by atoms with Gasteiger partial charge in [-0.1, -0.05) is 13.8 Å². The van der Waals surface area contributed by atoms with E-state index in [2.05, 4.69) is 24.1 Å². The van der Waals surface area contributed by atoms with Crippen LogP contribution in [-0.2, 0) is 0 Å². The molecule has 1 heterocycles. The topological polar surface area (TPSA) is 15.3 Å². The minimum Gasteiger partial charge on any atom is -0.315 e. The molecule has 0 saturated carbocycles. The molecule has 0 aromatic heterocycles. The van der Waals surface area contributed by atoms with E-state index in [1.165, 1.54) is 45.4 Å². The summed E-state index contributed by atoms with van der Waals surface area (Å²) >= 11 is 0. The second kappa shape index (κ2) is 5.55. The fraction of sp³-hybridized carbons (Fsp3) is 1.00. The van der Waals surface area contributed by atoms with E-state index >= 15 is 0 Å². The van der Waals surface area contributed by atoms with Crippen LogP contribution in [0.4, 0.5) is 0 Å².